The van der Waals surface area contributed by atoms with Crippen LogP contribution >= 0.6 is 12.4 Å². The third kappa shape index (κ3) is 2.86. The number of aliphatic hydroxyl groups is 1. The number of hydrogen-bond donors (Lipinski definition) is 1. The van der Waals surface area contributed by atoms with Gasteiger partial charge in [0, 0.05) is 6.04 Å². The van der Waals surface area contributed by atoms with Crippen LogP contribution in [0.15, 0.2) is 18.2 Å². The summed E-state index contributed by atoms with van der Waals surface area (Å²) >= 11 is 0. The van der Waals surface area contributed by atoms with Gasteiger partial charge in [0.25, 0.3) is 0 Å². The number of fused-ring (bicyclic) bond motifs is 2. The van der Waals surface area contributed by atoms with Gasteiger partial charge in [-0.2, -0.15) is 0 Å². The van der Waals surface area contributed by atoms with Crippen LogP contribution < -0.4 is 4.74 Å². The topological polar surface area (TPSA) is 32.7 Å². The Kier molecular flexibility index (Phi) is 5.01. The predicted molar refractivity (Wildman–Crippen MR) is 91.6 cm³/mol. The monoisotopic (exact) mass is 343 g/mol. The molecule has 0 aliphatic heterocycles. The Morgan fingerprint density at radius 1 is 1.30 bits per heavy atom. The van der Waals surface area contributed by atoms with E-state index in [0.717, 1.165) is 24.8 Å². The van der Waals surface area contributed by atoms with E-state index in [4.69, 9.17) is 4.74 Å². The Morgan fingerprint density at radius 2 is 2.00 bits per heavy atom. The van der Waals surface area contributed by atoms with Crippen LogP contribution in [0.2, 0.25) is 0 Å². The molecule has 0 radical (unpaired) electrons. The van der Waals surface area contributed by atoms with E-state index in [1.54, 1.807) is 12.1 Å². The van der Waals surface area contributed by atoms with Crippen LogP contribution in [0.1, 0.15) is 38.2 Å². The average Bonchev–Trinajstić information content (AvgIpc) is 2.74. The molecule has 0 spiro atoms. The summed E-state index contributed by atoms with van der Waals surface area (Å²) in [7, 11) is 5.52. The molecule has 0 aromatic heterocycles. The van der Waals surface area contributed by atoms with Crippen molar-refractivity contribution in [3.05, 3.63) is 29.6 Å². The van der Waals surface area contributed by atoms with Crippen molar-refractivity contribution < 1.29 is 14.2 Å². The fourth-order valence-electron chi connectivity index (χ4n) is 5.20. The van der Waals surface area contributed by atoms with Crippen molar-refractivity contribution in [2.45, 2.75) is 44.2 Å². The zero-order valence-electron chi connectivity index (χ0n) is 14.3. The fourth-order valence-corrected chi connectivity index (χ4v) is 5.20. The molecular formula is C18H27ClFNO2. The van der Waals surface area contributed by atoms with E-state index >= 15 is 0 Å². The summed E-state index contributed by atoms with van der Waals surface area (Å²) in [6.45, 7) is 2.28. The van der Waals surface area contributed by atoms with Gasteiger partial charge in [-0.3, -0.25) is 0 Å². The van der Waals surface area contributed by atoms with E-state index in [9.17, 15) is 9.50 Å². The van der Waals surface area contributed by atoms with Gasteiger partial charge in [-0.05, 0) is 68.8 Å². The number of halogens is 2. The maximum atomic E-state index is 13.7. The molecular weight excluding hydrogens is 317 g/mol. The van der Waals surface area contributed by atoms with Gasteiger partial charge in [-0.25, -0.2) is 4.39 Å². The normalized spacial score (nSPS) is 36.0. The van der Waals surface area contributed by atoms with Crippen LogP contribution in [0.25, 0.3) is 0 Å². The molecule has 2 bridgehead atoms. The second-order valence-corrected chi connectivity index (χ2v) is 7.61. The fraction of sp³-hybridized carbons (Fsp3) is 0.667. The Balaban J connectivity index is 0.00000192. The molecule has 3 rings (SSSR count). The highest BCUT2D eigenvalue weighted by molar-refractivity contribution is 5.85. The van der Waals surface area contributed by atoms with Crippen molar-refractivity contribution in [2.75, 3.05) is 21.2 Å². The van der Waals surface area contributed by atoms with Crippen LogP contribution in [0, 0.1) is 17.2 Å². The Bertz CT molecular complexity index is 582. The summed E-state index contributed by atoms with van der Waals surface area (Å²) in [5, 5.41) is 11.6. The van der Waals surface area contributed by atoms with E-state index in [0.29, 0.717) is 5.92 Å². The average molecular weight is 344 g/mol. The van der Waals surface area contributed by atoms with Gasteiger partial charge in [0.2, 0.25) is 0 Å². The Morgan fingerprint density at radius 3 is 2.61 bits per heavy atom. The predicted octanol–water partition coefficient (Wildman–Crippen LogP) is 3.58. The molecule has 1 aromatic rings. The number of ether oxygens (including phenoxy) is 1. The minimum Gasteiger partial charge on any atom is -0.494 e. The van der Waals surface area contributed by atoms with Crippen LogP contribution in [0.5, 0.6) is 5.75 Å². The molecule has 0 amide bonds. The van der Waals surface area contributed by atoms with E-state index in [1.807, 2.05) is 14.1 Å². The lowest BCUT2D eigenvalue weighted by atomic mass is 9.62. The molecule has 2 aliphatic rings. The van der Waals surface area contributed by atoms with Gasteiger partial charge < -0.3 is 14.7 Å². The molecule has 0 saturated heterocycles. The number of methoxy groups -OCH3 is 1. The quantitative estimate of drug-likeness (QED) is 0.910. The third-order valence-electron chi connectivity index (χ3n) is 5.76. The first kappa shape index (κ1) is 18.5. The second-order valence-electron chi connectivity index (χ2n) is 7.61. The lowest BCUT2D eigenvalue weighted by Gasteiger charge is -2.52. The molecule has 3 nitrogen and oxygen atoms in total. The molecule has 130 valence electrons. The SMILES string of the molecule is COc1cc(C2(O)CC3CCC(C)(C3)C2N(C)C)ccc1F.Cl. The number of nitrogens with zero attached hydrogens (tertiary/aromatic N) is 1. The molecule has 2 aliphatic carbocycles. The summed E-state index contributed by atoms with van der Waals surface area (Å²) in [4.78, 5) is 2.14. The van der Waals surface area contributed by atoms with Crippen molar-refractivity contribution in [3.63, 3.8) is 0 Å². The van der Waals surface area contributed by atoms with Crippen molar-refractivity contribution >= 4 is 12.4 Å². The second kappa shape index (κ2) is 6.23. The van der Waals surface area contributed by atoms with E-state index in [2.05, 4.69) is 11.8 Å². The van der Waals surface area contributed by atoms with Crippen molar-refractivity contribution in [1.82, 2.24) is 4.90 Å². The van der Waals surface area contributed by atoms with E-state index < -0.39 is 5.60 Å². The molecule has 4 unspecified atom stereocenters. The molecule has 23 heavy (non-hydrogen) atoms. The summed E-state index contributed by atoms with van der Waals surface area (Å²) in [6, 6.07) is 4.80. The lowest BCUT2D eigenvalue weighted by Crippen LogP contribution is -2.58. The van der Waals surface area contributed by atoms with Gasteiger partial charge in [0.05, 0.1) is 7.11 Å². The zero-order chi connectivity index (χ0) is 16.1. The highest BCUT2D eigenvalue weighted by atomic mass is 35.5. The summed E-state index contributed by atoms with van der Waals surface area (Å²) in [5.41, 5.74) is -0.0937. The molecule has 1 N–H and O–H groups in total. The van der Waals surface area contributed by atoms with Crippen LogP contribution in [0.4, 0.5) is 4.39 Å². The maximum Gasteiger partial charge on any atom is 0.165 e. The van der Waals surface area contributed by atoms with Crippen LogP contribution in [-0.4, -0.2) is 37.3 Å². The first-order chi connectivity index (χ1) is 10.3. The summed E-state index contributed by atoms with van der Waals surface area (Å²) < 4.78 is 18.9. The largest absolute Gasteiger partial charge is 0.494 e. The van der Waals surface area contributed by atoms with Gasteiger partial charge in [0.15, 0.2) is 11.6 Å². The van der Waals surface area contributed by atoms with E-state index in [1.165, 1.54) is 19.6 Å². The number of hydrogen-bond acceptors (Lipinski definition) is 3. The van der Waals surface area contributed by atoms with Gasteiger partial charge in [0.1, 0.15) is 5.60 Å². The maximum absolute atomic E-state index is 13.7. The highest BCUT2D eigenvalue weighted by Gasteiger charge is 2.58. The summed E-state index contributed by atoms with van der Waals surface area (Å²) in [6.07, 6.45) is 4.21. The van der Waals surface area contributed by atoms with Crippen molar-refractivity contribution in [1.29, 1.82) is 0 Å². The molecule has 2 saturated carbocycles. The standard InChI is InChI=1S/C18H26FNO2.ClH/c1-17-8-7-12(10-17)11-18(21,16(17)20(2)3)13-5-6-14(19)15(9-13)22-4;/h5-6,9,12,16,21H,7-8,10-11H2,1-4H3;1H. The van der Waals surface area contributed by atoms with Gasteiger partial charge in [-0.1, -0.05) is 13.0 Å². The summed E-state index contributed by atoms with van der Waals surface area (Å²) in [5.74, 6) is 0.356. The molecule has 0 heterocycles. The molecule has 2 fully saturated rings. The molecule has 1 aromatic carbocycles. The number of rotatable bonds is 3. The van der Waals surface area contributed by atoms with Crippen LogP contribution in [-0.2, 0) is 5.60 Å². The number of likely N-dealkylation sites (N-methyl/N-ethyl adjacent to an activating group) is 1. The lowest BCUT2D eigenvalue weighted by molar-refractivity contribution is -0.121. The zero-order valence-corrected chi connectivity index (χ0v) is 15.1. The van der Waals surface area contributed by atoms with Crippen molar-refractivity contribution in [3.8, 4) is 5.75 Å². The molecule has 5 heteroatoms. The third-order valence-corrected chi connectivity index (χ3v) is 5.76. The van der Waals surface area contributed by atoms with Gasteiger partial charge in [-0.15, -0.1) is 12.4 Å². The highest BCUT2D eigenvalue weighted by Crippen LogP contribution is 2.58. The van der Waals surface area contributed by atoms with E-state index in [-0.39, 0.29) is 35.4 Å². The number of benzene rings is 1. The minimum atomic E-state index is -0.960. The molecule has 4 atom stereocenters. The van der Waals surface area contributed by atoms with Crippen LogP contribution in [0.3, 0.4) is 0 Å². The Hall–Kier alpha value is -0.840. The first-order valence-electron chi connectivity index (χ1n) is 8.03. The minimum absolute atomic E-state index is 0. The first-order valence-corrected chi connectivity index (χ1v) is 8.03. The smallest absolute Gasteiger partial charge is 0.165 e. The van der Waals surface area contributed by atoms with Gasteiger partial charge >= 0.3 is 0 Å². The van der Waals surface area contributed by atoms with Crippen molar-refractivity contribution in [2.24, 2.45) is 11.3 Å². The Labute approximate surface area is 144 Å².